The zero-order chi connectivity index (χ0) is 13.3. The average molecular weight is 323 g/mol. The van der Waals surface area contributed by atoms with Gasteiger partial charge in [0.2, 0.25) is 0 Å². The molecule has 2 nitrogen and oxygen atoms in total. The van der Waals surface area contributed by atoms with E-state index in [-0.39, 0.29) is 6.04 Å². The number of nitrogens with zero attached hydrogens (tertiary/aromatic N) is 1. The van der Waals surface area contributed by atoms with Crippen molar-refractivity contribution in [3.05, 3.63) is 33.8 Å². The number of likely N-dealkylation sites (tertiary alicyclic amines) is 1. The molecule has 1 saturated heterocycles. The predicted octanol–water partition coefficient (Wildman–Crippen LogP) is 3.00. The molecule has 0 spiro atoms. The minimum absolute atomic E-state index is 0.0785. The maximum atomic E-state index is 12.9. The molecule has 0 amide bonds. The van der Waals surface area contributed by atoms with E-state index in [4.69, 9.17) is 5.73 Å². The summed E-state index contributed by atoms with van der Waals surface area (Å²) in [4.78, 5) is 1.96. The van der Waals surface area contributed by atoms with Gasteiger partial charge in [-0.15, -0.1) is 0 Å². The van der Waals surface area contributed by atoms with E-state index in [2.05, 4.69) is 15.9 Å². The summed E-state index contributed by atoms with van der Waals surface area (Å²) in [5, 5.41) is 0. The van der Waals surface area contributed by atoms with Crippen LogP contribution in [0.5, 0.6) is 0 Å². The van der Waals surface area contributed by atoms with Crippen LogP contribution in [-0.4, -0.2) is 24.0 Å². The SMILES string of the molecule is N[C@H]1CCN(Cc2ccc(Br)cc2C(F)(F)F)C1. The molecule has 0 unspecified atom stereocenters. The van der Waals surface area contributed by atoms with Crippen molar-refractivity contribution in [2.75, 3.05) is 13.1 Å². The van der Waals surface area contributed by atoms with E-state index in [1.165, 1.54) is 6.07 Å². The smallest absolute Gasteiger partial charge is 0.326 e. The highest BCUT2D eigenvalue weighted by Crippen LogP contribution is 2.34. The summed E-state index contributed by atoms with van der Waals surface area (Å²) >= 11 is 3.08. The molecule has 0 aliphatic carbocycles. The van der Waals surface area contributed by atoms with Crippen LogP contribution >= 0.6 is 15.9 Å². The maximum Gasteiger partial charge on any atom is 0.416 e. The van der Waals surface area contributed by atoms with Crippen LogP contribution in [0.25, 0.3) is 0 Å². The predicted molar refractivity (Wildman–Crippen MR) is 67.0 cm³/mol. The lowest BCUT2D eigenvalue weighted by Gasteiger charge is -2.19. The normalized spacial score (nSPS) is 21.5. The van der Waals surface area contributed by atoms with Crippen LogP contribution in [-0.2, 0) is 12.7 Å². The Morgan fingerprint density at radius 1 is 1.39 bits per heavy atom. The number of benzene rings is 1. The van der Waals surface area contributed by atoms with Gasteiger partial charge in [-0.05, 0) is 24.1 Å². The minimum atomic E-state index is -4.32. The van der Waals surface area contributed by atoms with Crippen molar-refractivity contribution >= 4 is 15.9 Å². The first-order valence-corrected chi connectivity index (χ1v) is 6.49. The largest absolute Gasteiger partial charge is 0.416 e. The van der Waals surface area contributed by atoms with Gasteiger partial charge in [0.05, 0.1) is 5.56 Å². The van der Waals surface area contributed by atoms with E-state index in [0.717, 1.165) is 19.0 Å². The Labute approximate surface area is 112 Å². The Hall–Kier alpha value is -0.590. The molecule has 0 saturated carbocycles. The molecule has 1 aliphatic heterocycles. The Bertz CT molecular complexity index is 434. The molecule has 1 aromatic rings. The zero-order valence-corrected chi connectivity index (χ0v) is 11.3. The van der Waals surface area contributed by atoms with Crippen molar-refractivity contribution in [2.24, 2.45) is 5.73 Å². The number of nitrogens with two attached hydrogens (primary N) is 1. The first-order valence-electron chi connectivity index (χ1n) is 5.70. The van der Waals surface area contributed by atoms with Gasteiger partial charge in [-0.25, -0.2) is 0 Å². The topological polar surface area (TPSA) is 29.3 Å². The van der Waals surface area contributed by atoms with Gasteiger partial charge < -0.3 is 5.73 Å². The van der Waals surface area contributed by atoms with Gasteiger partial charge in [-0.1, -0.05) is 22.0 Å². The van der Waals surface area contributed by atoms with Gasteiger partial charge in [-0.2, -0.15) is 13.2 Å². The summed E-state index contributed by atoms with van der Waals surface area (Å²) in [5.74, 6) is 0. The molecule has 100 valence electrons. The van der Waals surface area contributed by atoms with Crippen molar-refractivity contribution < 1.29 is 13.2 Å². The fourth-order valence-corrected chi connectivity index (χ4v) is 2.56. The van der Waals surface area contributed by atoms with Gasteiger partial charge in [0.25, 0.3) is 0 Å². The fraction of sp³-hybridized carbons (Fsp3) is 0.500. The van der Waals surface area contributed by atoms with Crippen LogP contribution < -0.4 is 5.73 Å². The van der Waals surface area contributed by atoms with Gasteiger partial charge in [0.15, 0.2) is 0 Å². The van der Waals surface area contributed by atoms with Crippen LogP contribution in [0.4, 0.5) is 13.2 Å². The number of hydrogen-bond acceptors (Lipinski definition) is 2. The Morgan fingerprint density at radius 2 is 2.11 bits per heavy atom. The average Bonchev–Trinajstić information content (AvgIpc) is 2.65. The molecule has 2 rings (SSSR count). The molecule has 1 heterocycles. The molecule has 1 fully saturated rings. The van der Waals surface area contributed by atoms with E-state index in [0.29, 0.717) is 23.1 Å². The monoisotopic (exact) mass is 322 g/mol. The van der Waals surface area contributed by atoms with E-state index in [9.17, 15) is 13.2 Å². The van der Waals surface area contributed by atoms with Crippen LogP contribution in [0.2, 0.25) is 0 Å². The summed E-state index contributed by atoms with van der Waals surface area (Å²) in [7, 11) is 0. The highest BCUT2D eigenvalue weighted by Gasteiger charge is 2.34. The molecule has 0 radical (unpaired) electrons. The van der Waals surface area contributed by atoms with E-state index in [1.807, 2.05) is 4.90 Å². The van der Waals surface area contributed by atoms with Crippen LogP contribution in [0.1, 0.15) is 17.5 Å². The molecule has 1 aromatic carbocycles. The Balaban J connectivity index is 2.22. The third-order valence-corrected chi connectivity index (χ3v) is 3.57. The molecule has 18 heavy (non-hydrogen) atoms. The lowest BCUT2D eigenvalue weighted by molar-refractivity contribution is -0.138. The molecule has 6 heteroatoms. The van der Waals surface area contributed by atoms with Crippen molar-refractivity contribution in [3.63, 3.8) is 0 Å². The number of halogens is 4. The van der Waals surface area contributed by atoms with Crippen molar-refractivity contribution in [3.8, 4) is 0 Å². The Kier molecular flexibility index (Phi) is 3.99. The second-order valence-electron chi connectivity index (χ2n) is 4.58. The van der Waals surface area contributed by atoms with Gasteiger partial charge in [0.1, 0.15) is 0 Å². The first kappa shape index (κ1) is 13.8. The molecule has 0 bridgehead atoms. The van der Waals surface area contributed by atoms with E-state index >= 15 is 0 Å². The van der Waals surface area contributed by atoms with Crippen LogP contribution in [0.3, 0.4) is 0 Å². The maximum absolute atomic E-state index is 12.9. The zero-order valence-electron chi connectivity index (χ0n) is 9.67. The van der Waals surface area contributed by atoms with Crippen LogP contribution in [0.15, 0.2) is 22.7 Å². The summed E-state index contributed by atoms with van der Waals surface area (Å²) in [6, 6.07) is 4.37. The van der Waals surface area contributed by atoms with E-state index in [1.54, 1.807) is 6.07 Å². The molecule has 2 N–H and O–H groups in total. The third-order valence-electron chi connectivity index (χ3n) is 3.08. The highest BCUT2D eigenvalue weighted by molar-refractivity contribution is 9.10. The summed E-state index contributed by atoms with van der Waals surface area (Å²) in [6.07, 6.45) is -3.47. The van der Waals surface area contributed by atoms with Gasteiger partial charge in [-0.3, -0.25) is 4.90 Å². The minimum Gasteiger partial charge on any atom is -0.326 e. The summed E-state index contributed by atoms with van der Waals surface area (Å²) < 4.78 is 39.2. The third kappa shape index (κ3) is 3.24. The second-order valence-corrected chi connectivity index (χ2v) is 5.50. The number of alkyl halides is 3. The molecule has 0 aromatic heterocycles. The van der Waals surface area contributed by atoms with Gasteiger partial charge in [0, 0.05) is 30.1 Å². The van der Waals surface area contributed by atoms with Crippen molar-refractivity contribution in [1.82, 2.24) is 4.90 Å². The molecular formula is C12H14BrF3N2. The highest BCUT2D eigenvalue weighted by atomic mass is 79.9. The van der Waals surface area contributed by atoms with E-state index < -0.39 is 11.7 Å². The number of hydrogen-bond donors (Lipinski definition) is 1. The lowest BCUT2D eigenvalue weighted by Crippen LogP contribution is -2.27. The molecule has 1 aliphatic rings. The number of rotatable bonds is 2. The first-order chi connectivity index (χ1) is 8.36. The quantitative estimate of drug-likeness (QED) is 0.907. The lowest BCUT2D eigenvalue weighted by atomic mass is 10.1. The second kappa shape index (κ2) is 5.19. The summed E-state index contributed by atoms with van der Waals surface area (Å²) in [5.41, 5.74) is 5.49. The fourth-order valence-electron chi connectivity index (χ4n) is 2.20. The van der Waals surface area contributed by atoms with Crippen molar-refractivity contribution in [1.29, 1.82) is 0 Å². The standard InChI is InChI=1S/C12H14BrF3N2/c13-9-2-1-8(11(5-9)12(14,15)16)6-18-4-3-10(17)7-18/h1-2,5,10H,3-4,6-7,17H2/t10-/m0/s1. The molecule has 1 atom stereocenters. The molecular weight excluding hydrogens is 309 g/mol. The van der Waals surface area contributed by atoms with Crippen molar-refractivity contribution in [2.45, 2.75) is 25.2 Å². The summed E-state index contributed by atoms with van der Waals surface area (Å²) in [6.45, 7) is 1.72. The Morgan fingerprint density at radius 3 is 2.67 bits per heavy atom. The van der Waals surface area contributed by atoms with Crippen LogP contribution in [0, 0.1) is 0 Å². The van der Waals surface area contributed by atoms with Gasteiger partial charge >= 0.3 is 6.18 Å².